The number of esters is 1. The van der Waals surface area contributed by atoms with Crippen LogP contribution in [0.4, 0.5) is 5.13 Å². The van der Waals surface area contributed by atoms with Gasteiger partial charge in [-0.1, -0.05) is 29.0 Å². The van der Waals surface area contributed by atoms with Crippen LogP contribution in [0.3, 0.4) is 0 Å². The van der Waals surface area contributed by atoms with Crippen LogP contribution in [0.1, 0.15) is 21.1 Å². The van der Waals surface area contributed by atoms with Crippen molar-refractivity contribution in [3.8, 4) is 0 Å². The Bertz CT molecular complexity index is 1050. The molecule has 0 spiro atoms. The predicted octanol–water partition coefficient (Wildman–Crippen LogP) is 3.29. The first-order chi connectivity index (χ1) is 12.9. The maximum Gasteiger partial charge on any atom is 0.374 e. The fourth-order valence-corrected chi connectivity index (χ4v) is 4.59. The summed E-state index contributed by atoms with van der Waals surface area (Å²) >= 11 is 7.03. The number of halogens is 1. The lowest BCUT2D eigenvalue weighted by Crippen LogP contribution is -2.14. The van der Waals surface area contributed by atoms with Gasteiger partial charge in [-0.15, -0.1) is 10.2 Å². The van der Waals surface area contributed by atoms with Crippen LogP contribution >= 0.6 is 22.9 Å². The third kappa shape index (κ3) is 4.65. The molecule has 0 aliphatic carbocycles. The van der Waals surface area contributed by atoms with E-state index in [1.165, 1.54) is 18.4 Å². The molecule has 0 saturated heterocycles. The smallest absolute Gasteiger partial charge is 0.374 e. The number of benzene rings is 1. The highest BCUT2D eigenvalue weighted by atomic mass is 35.5. The minimum Gasteiger partial charge on any atom is -0.459 e. The van der Waals surface area contributed by atoms with Gasteiger partial charge in [0.25, 0.3) is 10.0 Å². The van der Waals surface area contributed by atoms with Crippen LogP contribution in [0, 0.1) is 6.92 Å². The molecule has 0 amide bonds. The number of carbonyl (C=O) groups excluding carboxylic acids is 1. The number of furan rings is 1. The highest BCUT2D eigenvalue weighted by Gasteiger charge is 2.20. The lowest BCUT2D eigenvalue weighted by molar-refractivity contribution is 0.0473. The van der Waals surface area contributed by atoms with Crippen molar-refractivity contribution in [1.82, 2.24) is 10.2 Å². The third-order valence-corrected chi connectivity index (χ3v) is 6.39. The van der Waals surface area contributed by atoms with E-state index in [4.69, 9.17) is 20.8 Å². The minimum atomic E-state index is -3.84. The van der Waals surface area contributed by atoms with Crippen LogP contribution in [0.2, 0.25) is 5.02 Å². The summed E-state index contributed by atoms with van der Waals surface area (Å²) in [6, 6.07) is 7.71. The van der Waals surface area contributed by atoms with Crippen molar-refractivity contribution in [2.45, 2.75) is 18.2 Å². The van der Waals surface area contributed by atoms with E-state index in [0.717, 1.165) is 11.3 Å². The van der Waals surface area contributed by atoms with E-state index < -0.39 is 16.0 Å². The molecule has 1 N–H and O–H groups in total. The van der Waals surface area contributed by atoms with Crippen molar-refractivity contribution in [1.29, 1.82) is 0 Å². The van der Waals surface area contributed by atoms with Crippen molar-refractivity contribution in [2.75, 3.05) is 11.3 Å². The van der Waals surface area contributed by atoms with E-state index in [1.807, 2.05) is 0 Å². The van der Waals surface area contributed by atoms with Gasteiger partial charge in [0, 0.05) is 11.4 Å². The molecule has 3 rings (SSSR count). The molecule has 11 heteroatoms. The van der Waals surface area contributed by atoms with Gasteiger partial charge >= 0.3 is 5.97 Å². The molecule has 3 aromatic rings. The molecule has 27 heavy (non-hydrogen) atoms. The van der Waals surface area contributed by atoms with Gasteiger partial charge in [-0.3, -0.25) is 4.72 Å². The van der Waals surface area contributed by atoms with Crippen molar-refractivity contribution in [3.05, 3.63) is 57.9 Å². The highest BCUT2D eigenvalue weighted by molar-refractivity contribution is 7.93. The fraction of sp³-hybridized carbons (Fsp3) is 0.188. The second-order valence-electron chi connectivity index (χ2n) is 5.33. The van der Waals surface area contributed by atoms with E-state index in [-0.39, 0.29) is 22.4 Å². The van der Waals surface area contributed by atoms with Gasteiger partial charge in [0.15, 0.2) is 0 Å². The summed E-state index contributed by atoms with van der Waals surface area (Å²) < 4.78 is 37.4. The van der Waals surface area contributed by atoms with Gasteiger partial charge in [-0.2, -0.15) is 0 Å². The molecule has 2 aromatic heterocycles. The fourth-order valence-electron chi connectivity index (χ4n) is 2.14. The SMILES string of the molecule is Cc1c(Cl)cccc1S(=O)(=O)Nc1nnc(CCOC(=O)c2ccco2)s1. The third-order valence-electron chi connectivity index (χ3n) is 3.47. The van der Waals surface area contributed by atoms with E-state index in [2.05, 4.69) is 14.9 Å². The summed E-state index contributed by atoms with van der Waals surface area (Å²) in [5.74, 6) is -0.473. The molecule has 0 unspecified atom stereocenters. The van der Waals surface area contributed by atoms with Crippen LogP contribution in [0.25, 0.3) is 0 Å². The zero-order valence-corrected chi connectivity index (χ0v) is 16.4. The zero-order chi connectivity index (χ0) is 19.4. The van der Waals surface area contributed by atoms with Crippen molar-refractivity contribution in [2.24, 2.45) is 0 Å². The van der Waals surface area contributed by atoms with Gasteiger partial charge in [0.2, 0.25) is 10.9 Å². The molecule has 142 valence electrons. The standard InChI is InChI=1S/C16H14ClN3O5S2/c1-10-11(17)4-2-6-13(10)27(22,23)20-16-19-18-14(26-16)7-9-25-15(21)12-5-3-8-24-12/h2-6,8H,7,9H2,1H3,(H,19,20). The summed E-state index contributed by atoms with van der Waals surface area (Å²) in [6.07, 6.45) is 1.67. The van der Waals surface area contributed by atoms with Gasteiger partial charge in [-0.25, -0.2) is 13.2 Å². The van der Waals surface area contributed by atoms with Gasteiger partial charge < -0.3 is 9.15 Å². The molecule has 2 heterocycles. The van der Waals surface area contributed by atoms with Gasteiger partial charge in [0.1, 0.15) is 5.01 Å². The Morgan fingerprint density at radius 3 is 2.85 bits per heavy atom. The molecular weight excluding hydrogens is 414 g/mol. The van der Waals surface area contributed by atoms with E-state index in [0.29, 0.717) is 22.0 Å². The number of sulfonamides is 1. The predicted molar refractivity (Wildman–Crippen MR) is 99.6 cm³/mol. The minimum absolute atomic E-state index is 0.0638. The number of carbonyl (C=O) groups is 1. The number of nitrogens with zero attached hydrogens (tertiary/aromatic N) is 2. The Labute approximate surface area is 164 Å². The quantitative estimate of drug-likeness (QED) is 0.575. The molecule has 0 radical (unpaired) electrons. The van der Waals surface area contributed by atoms with E-state index in [9.17, 15) is 13.2 Å². The normalized spacial score (nSPS) is 11.3. The Kier molecular flexibility index (Phi) is 5.78. The first-order valence-electron chi connectivity index (χ1n) is 7.68. The topological polar surface area (TPSA) is 111 Å². The molecule has 0 bridgehead atoms. The van der Waals surface area contributed by atoms with Crippen LogP contribution in [-0.4, -0.2) is 31.2 Å². The van der Waals surface area contributed by atoms with Crippen molar-refractivity contribution < 1.29 is 22.4 Å². The van der Waals surface area contributed by atoms with Crippen LogP contribution in [0.5, 0.6) is 0 Å². The maximum absolute atomic E-state index is 12.5. The first kappa shape index (κ1) is 19.3. The Morgan fingerprint density at radius 1 is 1.30 bits per heavy atom. The summed E-state index contributed by atoms with van der Waals surface area (Å²) in [4.78, 5) is 11.7. The summed E-state index contributed by atoms with van der Waals surface area (Å²) in [6.45, 7) is 1.68. The van der Waals surface area contributed by atoms with Crippen LogP contribution in [-0.2, 0) is 21.2 Å². The average Bonchev–Trinajstić information content (AvgIpc) is 3.29. The monoisotopic (exact) mass is 427 g/mol. The van der Waals surface area contributed by atoms with Crippen LogP contribution < -0.4 is 4.72 Å². The molecule has 0 saturated carbocycles. The molecule has 0 fully saturated rings. The van der Waals surface area contributed by atoms with E-state index >= 15 is 0 Å². The highest BCUT2D eigenvalue weighted by Crippen LogP contribution is 2.26. The molecule has 0 aliphatic heterocycles. The summed E-state index contributed by atoms with van der Waals surface area (Å²) in [5.41, 5.74) is 0.446. The second kappa shape index (κ2) is 8.07. The summed E-state index contributed by atoms with van der Waals surface area (Å²) in [5, 5.41) is 8.69. The number of nitrogens with one attached hydrogen (secondary N) is 1. The molecule has 0 aliphatic rings. The number of hydrogen-bond donors (Lipinski definition) is 1. The number of aromatic nitrogens is 2. The van der Waals surface area contributed by atoms with Crippen molar-refractivity contribution in [3.63, 3.8) is 0 Å². The Hall–Kier alpha value is -2.43. The molecular formula is C16H14ClN3O5S2. The number of ether oxygens (including phenoxy) is 1. The first-order valence-corrected chi connectivity index (χ1v) is 10.4. The number of rotatable bonds is 7. The average molecular weight is 428 g/mol. The van der Waals surface area contributed by atoms with Crippen LogP contribution in [0.15, 0.2) is 45.9 Å². The maximum atomic E-state index is 12.5. The molecule has 1 aromatic carbocycles. The van der Waals surface area contributed by atoms with Crippen molar-refractivity contribution >= 4 is 44.1 Å². The second-order valence-corrected chi connectivity index (χ2v) is 8.45. The Morgan fingerprint density at radius 2 is 2.11 bits per heavy atom. The molecule has 8 nitrogen and oxygen atoms in total. The lowest BCUT2D eigenvalue weighted by atomic mass is 10.2. The zero-order valence-electron chi connectivity index (χ0n) is 14.0. The largest absolute Gasteiger partial charge is 0.459 e. The number of hydrogen-bond acceptors (Lipinski definition) is 8. The molecule has 0 atom stereocenters. The summed E-state index contributed by atoms with van der Waals surface area (Å²) in [7, 11) is -3.84. The van der Waals surface area contributed by atoms with E-state index in [1.54, 1.807) is 25.1 Å². The van der Waals surface area contributed by atoms with Gasteiger partial charge in [0.05, 0.1) is 17.8 Å². The van der Waals surface area contributed by atoms with Gasteiger partial charge in [-0.05, 0) is 36.8 Å². The lowest BCUT2D eigenvalue weighted by Gasteiger charge is -2.08. The Balaban J connectivity index is 1.60. The number of anilines is 1.